The predicted octanol–water partition coefficient (Wildman–Crippen LogP) is -0.580. The van der Waals surface area contributed by atoms with Crippen molar-refractivity contribution in [3.05, 3.63) is 65.9 Å². The highest BCUT2D eigenvalue weighted by molar-refractivity contribution is 5.96. The Morgan fingerprint density at radius 2 is 1.50 bits per heavy atom. The molecule has 40 heavy (non-hydrogen) atoms. The van der Waals surface area contributed by atoms with Crippen molar-refractivity contribution in [2.24, 2.45) is 11.5 Å². The highest BCUT2D eigenvalue weighted by Crippen LogP contribution is 2.19. The van der Waals surface area contributed by atoms with Crippen LogP contribution < -0.4 is 27.4 Å². The van der Waals surface area contributed by atoms with Crippen molar-refractivity contribution in [1.29, 1.82) is 0 Å². The largest absolute Gasteiger partial charge is 0.508 e. The van der Waals surface area contributed by atoms with E-state index in [0.29, 0.717) is 11.1 Å². The van der Waals surface area contributed by atoms with Gasteiger partial charge in [-0.25, -0.2) is 0 Å². The quantitative estimate of drug-likeness (QED) is 0.136. The lowest BCUT2D eigenvalue weighted by molar-refractivity contribution is -0.142. The molecule has 1 heterocycles. The van der Waals surface area contributed by atoms with E-state index in [1.54, 1.807) is 18.3 Å². The van der Waals surface area contributed by atoms with Crippen molar-refractivity contribution in [1.82, 2.24) is 20.9 Å². The van der Waals surface area contributed by atoms with Gasteiger partial charge in [0.25, 0.3) is 0 Å². The third-order valence-electron chi connectivity index (χ3n) is 6.23. The van der Waals surface area contributed by atoms with Crippen LogP contribution in [0.5, 0.6) is 5.75 Å². The number of hydrogen-bond acceptors (Lipinski definition) is 7. The predicted molar refractivity (Wildman–Crippen MR) is 145 cm³/mol. The van der Waals surface area contributed by atoms with Crippen molar-refractivity contribution in [2.45, 2.75) is 50.4 Å². The third-order valence-corrected chi connectivity index (χ3v) is 6.23. The molecule has 13 nitrogen and oxygen atoms in total. The van der Waals surface area contributed by atoms with E-state index in [9.17, 15) is 29.1 Å². The van der Waals surface area contributed by atoms with Crippen molar-refractivity contribution < 1.29 is 34.2 Å². The van der Waals surface area contributed by atoms with E-state index in [4.69, 9.17) is 16.6 Å². The Kier molecular flexibility index (Phi) is 9.81. The first-order valence-corrected chi connectivity index (χ1v) is 12.4. The highest BCUT2D eigenvalue weighted by Gasteiger charge is 2.31. The van der Waals surface area contributed by atoms with Gasteiger partial charge in [0.05, 0.1) is 12.5 Å². The lowest BCUT2D eigenvalue weighted by Gasteiger charge is -2.24. The number of nitrogens with one attached hydrogen (secondary N) is 4. The fraction of sp³-hybridized carbons (Fsp3) is 0.296. The van der Waals surface area contributed by atoms with Crippen LogP contribution in [0.1, 0.15) is 24.5 Å². The van der Waals surface area contributed by atoms with E-state index in [1.165, 1.54) is 19.1 Å². The second kappa shape index (κ2) is 13.2. The molecule has 4 atom stereocenters. The van der Waals surface area contributed by atoms with Gasteiger partial charge in [0, 0.05) is 23.5 Å². The average Bonchev–Trinajstić information content (AvgIpc) is 3.31. The smallest absolute Gasteiger partial charge is 0.325 e. The minimum absolute atomic E-state index is 0.00392. The molecule has 4 amide bonds. The molecule has 212 valence electrons. The molecule has 4 unspecified atom stereocenters. The Balaban J connectivity index is 1.82. The molecule has 0 aliphatic heterocycles. The van der Waals surface area contributed by atoms with Gasteiger partial charge in [0.2, 0.25) is 23.6 Å². The van der Waals surface area contributed by atoms with E-state index in [0.717, 1.165) is 10.9 Å². The summed E-state index contributed by atoms with van der Waals surface area (Å²) in [7, 11) is 0. The first kappa shape index (κ1) is 29.6. The number of carboxylic acid groups (broad SMARTS) is 1. The molecule has 3 rings (SSSR count). The Labute approximate surface area is 229 Å². The summed E-state index contributed by atoms with van der Waals surface area (Å²) in [4.78, 5) is 65.0. The third kappa shape index (κ3) is 8.04. The van der Waals surface area contributed by atoms with Crippen LogP contribution in [0.4, 0.5) is 0 Å². The molecule has 0 spiro atoms. The summed E-state index contributed by atoms with van der Waals surface area (Å²) in [6.45, 7) is 1.22. The number of nitrogens with two attached hydrogens (primary N) is 2. The maximum Gasteiger partial charge on any atom is 0.325 e. The van der Waals surface area contributed by atoms with E-state index in [1.807, 2.05) is 24.3 Å². The van der Waals surface area contributed by atoms with Crippen LogP contribution in [0.25, 0.3) is 10.9 Å². The van der Waals surface area contributed by atoms with Gasteiger partial charge < -0.3 is 42.6 Å². The molecule has 0 saturated heterocycles. The number of para-hydroxylation sites is 1. The number of phenols is 1. The van der Waals surface area contributed by atoms with Crippen LogP contribution in [0.15, 0.2) is 54.7 Å². The number of H-pyrrole nitrogens is 1. The first-order chi connectivity index (χ1) is 18.9. The SMILES string of the molecule is CC(NC(=O)C(CC(N)=O)NC(=O)C(Cc1c[nH]c2ccccc12)NC(=O)C(N)Cc1ccc(O)cc1)C(=O)O. The molecule has 13 heteroatoms. The van der Waals surface area contributed by atoms with Gasteiger partial charge in [0.1, 0.15) is 23.9 Å². The van der Waals surface area contributed by atoms with E-state index in [-0.39, 0.29) is 18.6 Å². The number of fused-ring (bicyclic) bond motifs is 1. The van der Waals surface area contributed by atoms with Crippen LogP contribution >= 0.6 is 0 Å². The lowest BCUT2D eigenvalue weighted by atomic mass is 10.0. The summed E-state index contributed by atoms with van der Waals surface area (Å²) < 4.78 is 0. The number of rotatable bonds is 13. The number of aliphatic carboxylic acids is 1. The molecule has 0 aliphatic rings. The molecule has 10 N–H and O–H groups in total. The lowest BCUT2D eigenvalue weighted by Crippen LogP contribution is -2.58. The molecular weight excluding hydrogens is 520 g/mol. The number of phenolic OH excluding ortho intramolecular Hbond substituents is 1. The zero-order chi connectivity index (χ0) is 29.4. The summed E-state index contributed by atoms with van der Waals surface area (Å²) in [5.74, 6) is -4.54. The van der Waals surface area contributed by atoms with E-state index in [2.05, 4.69) is 20.9 Å². The van der Waals surface area contributed by atoms with Crippen LogP contribution in [-0.4, -0.2) is 69.0 Å². The fourth-order valence-corrected chi connectivity index (χ4v) is 4.05. The number of aromatic hydroxyl groups is 1. The Bertz CT molecular complexity index is 1390. The molecule has 2 aromatic carbocycles. The van der Waals surface area contributed by atoms with Gasteiger partial charge in [0.15, 0.2) is 0 Å². The minimum Gasteiger partial charge on any atom is -0.508 e. The van der Waals surface area contributed by atoms with Gasteiger partial charge in [-0.3, -0.25) is 24.0 Å². The van der Waals surface area contributed by atoms with Gasteiger partial charge in [-0.15, -0.1) is 0 Å². The number of primary amides is 1. The number of aromatic amines is 1. The van der Waals surface area contributed by atoms with Crippen LogP contribution in [-0.2, 0) is 36.8 Å². The van der Waals surface area contributed by atoms with E-state index < -0.39 is 60.2 Å². The number of hydrogen-bond donors (Lipinski definition) is 8. The zero-order valence-corrected chi connectivity index (χ0v) is 21.7. The first-order valence-electron chi connectivity index (χ1n) is 12.4. The Morgan fingerprint density at radius 1 is 0.875 bits per heavy atom. The van der Waals surface area contributed by atoms with E-state index >= 15 is 0 Å². The topological polar surface area (TPSA) is 230 Å². The Morgan fingerprint density at radius 3 is 2.15 bits per heavy atom. The van der Waals surface area contributed by atoms with Gasteiger partial charge in [-0.05, 0) is 42.7 Å². The number of carbonyl (C=O) groups excluding carboxylic acids is 4. The average molecular weight is 553 g/mol. The van der Waals surface area contributed by atoms with Crippen molar-refractivity contribution in [2.75, 3.05) is 0 Å². The molecule has 1 aromatic heterocycles. The van der Waals surface area contributed by atoms with Crippen molar-refractivity contribution in [3.63, 3.8) is 0 Å². The minimum atomic E-state index is -1.49. The standard InChI is InChI=1S/C27H32N6O7/c1-14(27(39)40)31-25(37)22(12-23(29)35)33-26(38)21(11-16-13-30-20-5-3-2-4-18(16)20)32-24(36)19(28)10-15-6-8-17(34)9-7-15/h2-9,13-14,19,21-22,30,34H,10-12,28H2,1H3,(H2,29,35)(H,31,37)(H,32,36)(H,33,38)(H,39,40). The highest BCUT2D eigenvalue weighted by atomic mass is 16.4. The van der Waals surface area contributed by atoms with Gasteiger partial charge in [-0.1, -0.05) is 30.3 Å². The fourth-order valence-electron chi connectivity index (χ4n) is 4.05. The number of carboxylic acids is 1. The number of carbonyl (C=O) groups is 5. The summed E-state index contributed by atoms with van der Waals surface area (Å²) >= 11 is 0. The monoisotopic (exact) mass is 552 g/mol. The second-order valence-corrected chi connectivity index (χ2v) is 9.40. The van der Waals surface area contributed by atoms with Gasteiger partial charge >= 0.3 is 5.97 Å². The van der Waals surface area contributed by atoms with Crippen LogP contribution in [0.2, 0.25) is 0 Å². The maximum absolute atomic E-state index is 13.4. The number of benzene rings is 2. The zero-order valence-electron chi connectivity index (χ0n) is 21.7. The molecule has 0 saturated carbocycles. The summed E-state index contributed by atoms with van der Waals surface area (Å²) in [5.41, 5.74) is 13.5. The Hall–Kier alpha value is -4.91. The van der Waals surface area contributed by atoms with Gasteiger partial charge in [-0.2, -0.15) is 0 Å². The molecule has 0 aliphatic carbocycles. The second-order valence-electron chi connectivity index (χ2n) is 9.40. The number of aromatic nitrogens is 1. The molecular formula is C27H32N6O7. The van der Waals surface area contributed by atoms with Crippen LogP contribution in [0, 0.1) is 0 Å². The molecule has 0 bridgehead atoms. The van der Waals surface area contributed by atoms with Crippen molar-refractivity contribution in [3.8, 4) is 5.75 Å². The van der Waals surface area contributed by atoms with Crippen molar-refractivity contribution >= 4 is 40.5 Å². The summed E-state index contributed by atoms with van der Waals surface area (Å²) in [5, 5.41) is 26.6. The maximum atomic E-state index is 13.4. The summed E-state index contributed by atoms with van der Waals surface area (Å²) in [6, 6.07) is 8.43. The molecule has 0 fully saturated rings. The summed E-state index contributed by atoms with van der Waals surface area (Å²) in [6.07, 6.45) is 1.21. The number of amides is 4. The molecule has 0 radical (unpaired) electrons. The molecule has 3 aromatic rings. The normalized spacial score (nSPS) is 13.9. The van der Waals surface area contributed by atoms with Crippen LogP contribution in [0.3, 0.4) is 0 Å².